The molecular formula is C31H64N2O6. The lowest BCUT2D eigenvalue weighted by Gasteiger charge is -2.23. The lowest BCUT2D eigenvalue weighted by atomic mass is 9.88. The molecule has 0 aromatic heterocycles. The van der Waals surface area contributed by atoms with Gasteiger partial charge in [0.05, 0.1) is 0 Å². The molecule has 2 unspecified atom stereocenters. The summed E-state index contributed by atoms with van der Waals surface area (Å²) < 4.78 is 0. The summed E-state index contributed by atoms with van der Waals surface area (Å²) in [6, 6.07) is 0. The Hall–Kier alpha value is -1.28. The van der Waals surface area contributed by atoms with E-state index in [1.807, 2.05) is 0 Å². The van der Waals surface area contributed by atoms with Crippen LogP contribution in [0.3, 0.4) is 0 Å². The van der Waals surface area contributed by atoms with Crippen molar-refractivity contribution in [3.63, 3.8) is 0 Å². The quantitative estimate of drug-likeness (QED) is 0.0586. The number of unbranched alkanes of at least 4 members (excludes halogenated alkanes) is 17. The third kappa shape index (κ3) is 21.2. The van der Waals surface area contributed by atoms with Crippen molar-refractivity contribution >= 4 is 0 Å². The number of rotatable bonds is 27. The van der Waals surface area contributed by atoms with Crippen LogP contribution >= 0.6 is 0 Å². The average Bonchev–Trinajstić information content (AvgIpc) is 2.92. The van der Waals surface area contributed by atoms with Gasteiger partial charge in [0.15, 0.2) is 0 Å². The molecule has 0 aromatic rings. The molecule has 0 radical (unpaired) electrons. The van der Waals surface area contributed by atoms with Crippen LogP contribution in [0.15, 0.2) is 0 Å². The van der Waals surface area contributed by atoms with Crippen LogP contribution in [0.4, 0.5) is 0 Å². The second kappa shape index (κ2) is 26.9. The Balaban J connectivity index is 0. The van der Waals surface area contributed by atoms with Gasteiger partial charge in [-0.15, -0.1) is 0 Å². The van der Waals surface area contributed by atoms with Crippen LogP contribution in [-0.2, 0) is 0 Å². The van der Waals surface area contributed by atoms with E-state index in [0.29, 0.717) is 19.3 Å². The van der Waals surface area contributed by atoms with E-state index in [4.69, 9.17) is 5.11 Å². The number of aliphatic hydroxyl groups excluding tert-OH is 2. The largest absolute Gasteiger partial charge is 0.389 e. The van der Waals surface area contributed by atoms with Gasteiger partial charge in [-0.2, -0.15) is 0 Å². The third-order valence-corrected chi connectivity index (χ3v) is 8.02. The Morgan fingerprint density at radius 1 is 0.487 bits per heavy atom. The predicted molar refractivity (Wildman–Crippen MR) is 163 cm³/mol. The van der Waals surface area contributed by atoms with Crippen molar-refractivity contribution in [3.05, 3.63) is 20.2 Å². The van der Waals surface area contributed by atoms with E-state index >= 15 is 0 Å². The number of aliphatic hydroxyl groups is 2. The summed E-state index contributed by atoms with van der Waals surface area (Å²) in [7, 11) is 0. The van der Waals surface area contributed by atoms with Crippen molar-refractivity contribution in [2.24, 2.45) is 0 Å². The van der Waals surface area contributed by atoms with Crippen LogP contribution in [0.5, 0.6) is 0 Å². The molecule has 39 heavy (non-hydrogen) atoms. The normalized spacial score (nSPS) is 14.2. The number of hydrogen-bond donors (Lipinski definition) is 2. The van der Waals surface area contributed by atoms with Gasteiger partial charge in [0.25, 0.3) is 0 Å². The number of hydrogen-bond acceptors (Lipinski definition) is 6. The third-order valence-electron chi connectivity index (χ3n) is 8.02. The van der Waals surface area contributed by atoms with Gasteiger partial charge in [-0.1, -0.05) is 130 Å². The van der Waals surface area contributed by atoms with E-state index < -0.39 is 11.1 Å². The van der Waals surface area contributed by atoms with Crippen molar-refractivity contribution in [2.45, 2.75) is 186 Å². The first kappa shape index (κ1) is 39.9. The monoisotopic (exact) mass is 560 g/mol. The molecule has 0 bridgehead atoms. The summed E-state index contributed by atoms with van der Waals surface area (Å²) >= 11 is 0. The molecule has 0 saturated carbocycles. The van der Waals surface area contributed by atoms with E-state index in [-0.39, 0.29) is 23.1 Å². The van der Waals surface area contributed by atoms with Gasteiger partial charge in [0.1, 0.15) is 13.2 Å². The molecule has 2 atom stereocenters. The molecule has 0 aliphatic heterocycles. The molecule has 2 N–H and O–H groups in total. The SMILES string of the molecule is CCCCCCC(CO)(CCCCC)[N+](=O)[O-].CCCCCCCCCCCCCCCC(C)(CO)[N+](=O)[O-]. The fourth-order valence-electron chi connectivity index (χ4n) is 4.86. The Labute approximate surface area is 240 Å². The molecule has 234 valence electrons. The number of nitro groups is 2. The summed E-state index contributed by atoms with van der Waals surface area (Å²) in [6.07, 6.45) is 25.0. The lowest BCUT2D eigenvalue weighted by Crippen LogP contribution is -2.42. The Bertz CT molecular complexity index is 577. The van der Waals surface area contributed by atoms with Crippen molar-refractivity contribution in [3.8, 4) is 0 Å². The van der Waals surface area contributed by atoms with Gasteiger partial charge in [-0.25, -0.2) is 0 Å². The van der Waals surface area contributed by atoms with Crippen LogP contribution in [-0.4, -0.2) is 44.4 Å². The van der Waals surface area contributed by atoms with Crippen LogP contribution < -0.4 is 0 Å². The molecular weight excluding hydrogens is 496 g/mol. The van der Waals surface area contributed by atoms with E-state index in [0.717, 1.165) is 64.2 Å². The van der Waals surface area contributed by atoms with E-state index in [1.165, 1.54) is 71.1 Å². The fraction of sp³-hybridized carbons (Fsp3) is 1.00. The van der Waals surface area contributed by atoms with Gasteiger partial charge in [0, 0.05) is 36.0 Å². The molecule has 0 spiro atoms. The summed E-state index contributed by atoms with van der Waals surface area (Å²) in [5.41, 5.74) is -2.22. The van der Waals surface area contributed by atoms with Gasteiger partial charge < -0.3 is 10.2 Å². The molecule has 0 amide bonds. The molecule has 0 heterocycles. The van der Waals surface area contributed by atoms with Gasteiger partial charge in [-0.05, 0) is 19.3 Å². The highest BCUT2D eigenvalue weighted by molar-refractivity contribution is 4.78. The highest BCUT2D eigenvalue weighted by Crippen LogP contribution is 2.26. The van der Waals surface area contributed by atoms with Gasteiger partial charge in [0.2, 0.25) is 11.1 Å². The smallest absolute Gasteiger partial charge is 0.244 e. The zero-order valence-corrected chi connectivity index (χ0v) is 26.1. The minimum atomic E-state index is -1.14. The average molecular weight is 561 g/mol. The lowest BCUT2D eigenvalue weighted by molar-refractivity contribution is -0.576. The van der Waals surface area contributed by atoms with E-state index in [1.54, 1.807) is 0 Å². The Morgan fingerprint density at radius 3 is 1.13 bits per heavy atom. The first-order chi connectivity index (χ1) is 18.7. The summed E-state index contributed by atoms with van der Waals surface area (Å²) in [5, 5.41) is 40.5. The zero-order valence-electron chi connectivity index (χ0n) is 26.1. The van der Waals surface area contributed by atoms with Gasteiger partial charge in [-0.3, -0.25) is 20.2 Å². The maximum atomic E-state index is 11.2. The maximum absolute atomic E-state index is 11.2. The highest BCUT2D eigenvalue weighted by atomic mass is 16.6. The molecule has 8 heteroatoms. The van der Waals surface area contributed by atoms with E-state index in [9.17, 15) is 25.3 Å². The summed E-state index contributed by atoms with van der Waals surface area (Å²) in [6.45, 7) is 7.30. The Morgan fingerprint density at radius 2 is 0.795 bits per heavy atom. The van der Waals surface area contributed by atoms with E-state index in [2.05, 4.69) is 20.8 Å². The Kier molecular flexibility index (Phi) is 27.5. The zero-order chi connectivity index (χ0) is 29.8. The molecule has 0 fully saturated rings. The van der Waals surface area contributed by atoms with Crippen LogP contribution in [0.1, 0.15) is 175 Å². The van der Waals surface area contributed by atoms with Crippen LogP contribution in [0, 0.1) is 20.2 Å². The topological polar surface area (TPSA) is 127 Å². The maximum Gasteiger partial charge on any atom is 0.244 e. The van der Waals surface area contributed by atoms with Gasteiger partial charge >= 0.3 is 0 Å². The van der Waals surface area contributed by atoms with Crippen molar-refractivity contribution in [2.75, 3.05) is 13.2 Å². The van der Waals surface area contributed by atoms with Crippen molar-refractivity contribution in [1.82, 2.24) is 0 Å². The predicted octanol–water partition coefficient (Wildman–Crippen LogP) is 9.04. The minimum absolute atomic E-state index is 0.255. The second-order valence-corrected chi connectivity index (χ2v) is 11.8. The highest BCUT2D eigenvalue weighted by Gasteiger charge is 2.40. The second-order valence-electron chi connectivity index (χ2n) is 11.8. The molecule has 0 aliphatic carbocycles. The molecule has 0 saturated heterocycles. The fourth-order valence-corrected chi connectivity index (χ4v) is 4.86. The molecule has 0 rings (SSSR count). The van der Waals surface area contributed by atoms with Crippen LogP contribution in [0.2, 0.25) is 0 Å². The summed E-state index contributed by atoms with van der Waals surface area (Å²) in [5.74, 6) is 0. The van der Waals surface area contributed by atoms with Crippen LogP contribution in [0.25, 0.3) is 0 Å². The molecule has 0 aromatic carbocycles. The first-order valence-electron chi connectivity index (χ1n) is 16.2. The van der Waals surface area contributed by atoms with Crippen molar-refractivity contribution < 1.29 is 20.1 Å². The van der Waals surface area contributed by atoms with Crippen molar-refractivity contribution in [1.29, 1.82) is 0 Å². The number of nitrogens with zero attached hydrogens (tertiary/aromatic N) is 2. The minimum Gasteiger partial charge on any atom is -0.389 e. The summed E-state index contributed by atoms with van der Waals surface area (Å²) in [4.78, 5) is 21.4. The molecule has 0 aliphatic rings. The standard InChI is InChI=1S/C18H37NO3.C13H27NO3/c1-3-4-5-6-7-8-9-10-11-12-13-14-15-16-18(2,17-20)19(21)22;1-3-5-7-9-11-13(12-15,14(16)17)10-8-6-4-2/h20H,3-17H2,1-2H3;15H,3-12H2,1-2H3. The molecule has 8 nitrogen and oxygen atoms in total. The first-order valence-corrected chi connectivity index (χ1v) is 16.2.